The Bertz CT molecular complexity index is 1170. The molecule has 2 aromatic carbocycles. The van der Waals surface area contributed by atoms with Crippen molar-refractivity contribution >= 4 is 40.9 Å². The zero-order valence-corrected chi connectivity index (χ0v) is 18.2. The molecule has 3 aromatic rings. The van der Waals surface area contributed by atoms with Crippen molar-refractivity contribution in [1.29, 1.82) is 0 Å². The maximum atomic E-state index is 12.7. The molecule has 0 atom stereocenters. The number of carbonyl (C=O) groups excluding carboxylic acids is 2. The maximum Gasteiger partial charge on any atom is 0.417 e. The number of halogens is 5. The first kappa shape index (κ1) is 24.3. The Hall–Kier alpha value is -3.30. The van der Waals surface area contributed by atoms with Crippen molar-refractivity contribution in [3.8, 4) is 5.75 Å². The number of aromatic nitrogens is 1. The average molecular weight is 499 g/mol. The minimum absolute atomic E-state index is 0.0723. The summed E-state index contributed by atoms with van der Waals surface area (Å²) in [5.74, 6) is -1.76. The second-order valence-electron chi connectivity index (χ2n) is 6.55. The molecular formula is C22H15Cl2F3N2O4. The van der Waals surface area contributed by atoms with Gasteiger partial charge in [-0.3, -0.25) is 4.79 Å². The Balaban J connectivity index is 1.60. The van der Waals surface area contributed by atoms with Crippen LogP contribution in [-0.2, 0) is 22.3 Å². The molecule has 0 aliphatic carbocycles. The Kier molecular flexibility index (Phi) is 7.78. The van der Waals surface area contributed by atoms with Gasteiger partial charge in [0.05, 0.1) is 10.6 Å². The number of hydrogen-bond donors (Lipinski definition) is 1. The lowest BCUT2D eigenvalue weighted by atomic mass is 10.2. The summed E-state index contributed by atoms with van der Waals surface area (Å²) in [5.41, 5.74) is -0.281. The summed E-state index contributed by atoms with van der Waals surface area (Å²) in [5, 5.41) is 2.28. The second kappa shape index (κ2) is 10.5. The van der Waals surface area contributed by atoms with E-state index >= 15 is 0 Å². The van der Waals surface area contributed by atoms with Crippen molar-refractivity contribution in [3.05, 3.63) is 87.5 Å². The fraction of sp³-hybridized carbons (Fsp3) is 0.136. The van der Waals surface area contributed by atoms with Crippen LogP contribution in [0.2, 0.25) is 10.0 Å². The van der Waals surface area contributed by atoms with Crippen LogP contribution in [0.1, 0.15) is 21.5 Å². The van der Waals surface area contributed by atoms with E-state index in [0.29, 0.717) is 22.8 Å². The normalized spacial score (nSPS) is 11.1. The summed E-state index contributed by atoms with van der Waals surface area (Å²) >= 11 is 11.8. The highest BCUT2D eigenvalue weighted by Crippen LogP contribution is 2.32. The number of pyridine rings is 1. The molecule has 0 aliphatic heterocycles. The van der Waals surface area contributed by atoms with Crippen LogP contribution in [0.3, 0.4) is 0 Å². The number of alkyl halides is 3. The van der Waals surface area contributed by atoms with Gasteiger partial charge in [-0.2, -0.15) is 13.2 Å². The highest BCUT2D eigenvalue weighted by Gasteiger charge is 2.31. The van der Waals surface area contributed by atoms with Crippen LogP contribution < -0.4 is 10.1 Å². The first-order valence-electron chi connectivity index (χ1n) is 9.30. The summed E-state index contributed by atoms with van der Waals surface area (Å²) in [6, 6.07) is 13.9. The van der Waals surface area contributed by atoms with Gasteiger partial charge in [0.1, 0.15) is 17.9 Å². The van der Waals surface area contributed by atoms with E-state index in [1.807, 2.05) is 0 Å². The molecule has 1 N–H and O–H groups in total. The zero-order chi connectivity index (χ0) is 24.0. The Labute approximate surface area is 196 Å². The molecule has 33 heavy (non-hydrogen) atoms. The number of hydrogen-bond acceptors (Lipinski definition) is 5. The fourth-order valence-corrected chi connectivity index (χ4v) is 3.00. The Morgan fingerprint density at radius 1 is 1.00 bits per heavy atom. The molecule has 1 heterocycles. The van der Waals surface area contributed by atoms with E-state index in [9.17, 15) is 22.8 Å². The van der Waals surface area contributed by atoms with Gasteiger partial charge >= 0.3 is 12.1 Å². The van der Waals surface area contributed by atoms with Crippen LogP contribution in [0.5, 0.6) is 5.75 Å². The molecule has 6 nitrogen and oxygen atoms in total. The summed E-state index contributed by atoms with van der Waals surface area (Å²) in [6.07, 6.45) is -4.10. The van der Waals surface area contributed by atoms with Gasteiger partial charge in [-0.1, -0.05) is 53.5 Å². The number of esters is 1. The third-order valence-electron chi connectivity index (χ3n) is 4.21. The first-order chi connectivity index (χ1) is 15.6. The molecular weight excluding hydrogens is 484 g/mol. The fourth-order valence-electron chi connectivity index (χ4n) is 2.59. The van der Waals surface area contributed by atoms with E-state index in [2.05, 4.69) is 10.3 Å². The molecule has 0 fully saturated rings. The third-order valence-corrected chi connectivity index (χ3v) is 4.87. The van der Waals surface area contributed by atoms with E-state index in [1.165, 1.54) is 6.07 Å². The first-order valence-corrected chi connectivity index (χ1v) is 10.1. The summed E-state index contributed by atoms with van der Waals surface area (Å²) in [4.78, 5) is 28.0. The standard InChI is InChI=1S/C22H15Cl2F3N2O4/c23-16-7-3-1-5-13(16)11-32-18-8-4-2-6-15(18)21(31)33-12-19(30)29-20-17(24)9-14(10-28-20)22(25,26)27/h1-10H,11-12H2,(H,28,29,30). The van der Waals surface area contributed by atoms with Crippen molar-refractivity contribution in [1.82, 2.24) is 4.98 Å². The zero-order valence-electron chi connectivity index (χ0n) is 16.7. The number of rotatable bonds is 7. The molecule has 1 amide bonds. The van der Waals surface area contributed by atoms with Crippen LogP contribution in [-0.4, -0.2) is 23.5 Å². The van der Waals surface area contributed by atoms with Gasteiger partial charge in [0, 0.05) is 16.8 Å². The predicted molar refractivity (Wildman–Crippen MR) is 115 cm³/mol. The Morgan fingerprint density at radius 2 is 1.70 bits per heavy atom. The van der Waals surface area contributed by atoms with Crippen LogP contribution in [0.4, 0.5) is 19.0 Å². The largest absolute Gasteiger partial charge is 0.488 e. The van der Waals surface area contributed by atoms with Crippen LogP contribution >= 0.6 is 23.2 Å². The second-order valence-corrected chi connectivity index (χ2v) is 7.37. The molecule has 0 saturated heterocycles. The lowest BCUT2D eigenvalue weighted by Gasteiger charge is -2.12. The highest BCUT2D eigenvalue weighted by molar-refractivity contribution is 6.33. The molecule has 0 saturated carbocycles. The van der Waals surface area contributed by atoms with Gasteiger partial charge in [0.15, 0.2) is 12.4 Å². The number of amides is 1. The minimum atomic E-state index is -4.63. The third kappa shape index (κ3) is 6.59. The van der Waals surface area contributed by atoms with Crippen molar-refractivity contribution in [3.63, 3.8) is 0 Å². The minimum Gasteiger partial charge on any atom is -0.488 e. The topological polar surface area (TPSA) is 77.5 Å². The van der Waals surface area contributed by atoms with Crippen molar-refractivity contribution in [2.75, 3.05) is 11.9 Å². The number of nitrogens with zero attached hydrogens (tertiary/aromatic N) is 1. The number of para-hydroxylation sites is 1. The Morgan fingerprint density at radius 3 is 2.39 bits per heavy atom. The molecule has 0 bridgehead atoms. The van der Waals surface area contributed by atoms with E-state index in [0.717, 1.165) is 0 Å². The lowest BCUT2D eigenvalue weighted by Crippen LogP contribution is -2.22. The highest BCUT2D eigenvalue weighted by atomic mass is 35.5. The van der Waals surface area contributed by atoms with Crippen LogP contribution in [0, 0.1) is 0 Å². The van der Waals surface area contributed by atoms with Gasteiger partial charge in [-0.05, 0) is 24.3 Å². The number of nitrogens with one attached hydrogen (secondary N) is 1. The lowest BCUT2D eigenvalue weighted by molar-refractivity contribution is -0.137. The molecule has 0 unspecified atom stereocenters. The predicted octanol–water partition coefficient (Wildman–Crippen LogP) is 5.78. The maximum absolute atomic E-state index is 12.7. The number of ether oxygens (including phenoxy) is 2. The number of carbonyl (C=O) groups is 2. The molecule has 172 valence electrons. The average Bonchev–Trinajstić information content (AvgIpc) is 2.78. The van der Waals surface area contributed by atoms with Crippen molar-refractivity contribution in [2.24, 2.45) is 0 Å². The summed E-state index contributed by atoms with van der Waals surface area (Å²) < 4.78 is 48.7. The molecule has 11 heteroatoms. The molecule has 0 aliphatic rings. The molecule has 1 aromatic heterocycles. The van der Waals surface area contributed by atoms with Crippen LogP contribution in [0.15, 0.2) is 60.8 Å². The number of anilines is 1. The monoisotopic (exact) mass is 498 g/mol. The molecule has 0 spiro atoms. The van der Waals surface area contributed by atoms with E-state index in [-0.39, 0.29) is 23.7 Å². The van der Waals surface area contributed by atoms with Gasteiger partial charge in [-0.25, -0.2) is 9.78 Å². The quantitative estimate of drug-likeness (QED) is 0.417. The van der Waals surface area contributed by atoms with Crippen LogP contribution in [0.25, 0.3) is 0 Å². The van der Waals surface area contributed by atoms with Gasteiger partial charge in [-0.15, -0.1) is 0 Å². The van der Waals surface area contributed by atoms with E-state index in [1.54, 1.807) is 42.5 Å². The number of benzene rings is 2. The summed E-state index contributed by atoms with van der Waals surface area (Å²) in [6.45, 7) is -0.626. The van der Waals surface area contributed by atoms with Crippen molar-refractivity contribution in [2.45, 2.75) is 12.8 Å². The SMILES string of the molecule is O=C(COC(=O)c1ccccc1OCc1ccccc1Cl)Nc1ncc(C(F)(F)F)cc1Cl. The smallest absolute Gasteiger partial charge is 0.417 e. The molecule has 3 rings (SSSR count). The van der Waals surface area contributed by atoms with Gasteiger partial charge in [0.2, 0.25) is 0 Å². The van der Waals surface area contributed by atoms with Gasteiger partial charge < -0.3 is 14.8 Å². The van der Waals surface area contributed by atoms with E-state index in [4.69, 9.17) is 32.7 Å². The van der Waals surface area contributed by atoms with Gasteiger partial charge in [0.25, 0.3) is 5.91 Å². The van der Waals surface area contributed by atoms with Crippen molar-refractivity contribution < 1.29 is 32.2 Å². The summed E-state index contributed by atoms with van der Waals surface area (Å²) in [7, 11) is 0. The van der Waals surface area contributed by atoms with E-state index < -0.39 is 35.2 Å². The molecule has 0 radical (unpaired) electrons.